The van der Waals surface area contributed by atoms with Crippen LogP contribution in [0.5, 0.6) is 17.2 Å². The molecular weight excluding hydrogens is 454 g/mol. The van der Waals surface area contributed by atoms with Gasteiger partial charge in [-0.15, -0.1) is 6.58 Å². The van der Waals surface area contributed by atoms with Gasteiger partial charge < -0.3 is 14.2 Å². The molecular formula is C26H29NO4S2. The Kier molecular flexibility index (Phi) is 8.97. The van der Waals surface area contributed by atoms with Crippen molar-refractivity contribution in [2.75, 3.05) is 26.4 Å². The number of thioether (sulfide) groups is 1. The standard InChI is InChI=1S/C26H29NO4S2/c1-5-12-27-25(28)24(33-26(27)32)17-20-9-11-22(23(16-20)29-6-2)31-14-7-13-30-21-10-8-18(3)19(4)15-21/h5,8-11,15-17H,1,6-7,12-14H2,2-4H3. The summed E-state index contributed by atoms with van der Waals surface area (Å²) in [6.07, 6.45) is 4.23. The highest BCUT2D eigenvalue weighted by molar-refractivity contribution is 8.26. The number of nitrogens with zero attached hydrogens (tertiary/aromatic N) is 1. The SMILES string of the molecule is C=CCN1C(=O)C(=Cc2ccc(OCCCOc3ccc(C)c(C)c3)c(OCC)c2)SC1=S. The van der Waals surface area contributed by atoms with Gasteiger partial charge in [-0.25, -0.2) is 0 Å². The fourth-order valence-corrected chi connectivity index (χ4v) is 4.45. The molecule has 1 saturated heterocycles. The Bertz CT molecular complexity index is 1060. The Morgan fingerprint density at radius 1 is 1.03 bits per heavy atom. The molecule has 1 heterocycles. The van der Waals surface area contributed by atoms with E-state index in [-0.39, 0.29) is 5.91 Å². The van der Waals surface area contributed by atoms with Crippen molar-refractivity contribution in [1.29, 1.82) is 0 Å². The van der Waals surface area contributed by atoms with Crippen LogP contribution in [0.15, 0.2) is 54.0 Å². The molecule has 0 aliphatic carbocycles. The molecule has 7 heteroatoms. The van der Waals surface area contributed by atoms with Crippen molar-refractivity contribution in [3.05, 3.63) is 70.6 Å². The zero-order valence-electron chi connectivity index (χ0n) is 19.3. The summed E-state index contributed by atoms with van der Waals surface area (Å²) in [6, 6.07) is 11.8. The molecule has 1 aliphatic rings. The van der Waals surface area contributed by atoms with E-state index in [4.69, 9.17) is 26.4 Å². The first kappa shape index (κ1) is 24.9. The zero-order valence-corrected chi connectivity index (χ0v) is 20.9. The number of amides is 1. The Morgan fingerprint density at radius 2 is 1.82 bits per heavy atom. The highest BCUT2D eigenvalue weighted by Crippen LogP contribution is 2.35. The Labute approximate surface area is 205 Å². The molecule has 0 saturated carbocycles. The molecule has 0 N–H and O–H groups in total. The van der Waals surface area contributed by atoms with Crippen molar-refractivity contribution < 1.29 is 19.0 Å². The van der Waals surface area contributed by atoms with Gasteiger partial charge in [0.05, 0.1) is 24.7 Å². The largest absolute Gasteiger partial charge is 0.493 e. The van der Waals surface area contributed by atoms with Gasteiger partial charge in [-0.2, -0.15) is 0 Å². The second kappa shape index (κ2) is 11.9. The van der Waals surface area contributed by atoms with E-state index in [1.807, 2.05) is 43.3 Å². The maximum absolute atomic E-state index is 12.6. The highest BCUT2D eigenvalue weighted by Gasteiger charge is 2.31. The van der Waals surface area contributed by atoms with Crippen LogP contribution in [-0.2, 0) is 4.79 Å². The summed E-state index contributed by atoms with van der Waals surface area (Å²) >= 11 is 6.60. The fourth-order valence-electron chi connectivity index (χ4n) is 3.17. The van der Waals surface area contributed by atoms with Crippen molar-refractivity contribution in [2.24, 2.45) is 0 Å². The molecule has 1 amide bonds. The van der Waals surface area contributed by atoms with Gasteiger partial charge >= 0.3 is 0 Å². The Hall–Kier alpha value is -2.77. The highest BCUT2D eigenvalue weighted by atomic mass is 32.2. The molecule has 0 bridgehead atoms. The molecule has 0 radical (unpaired) electrons. The number of hydrogen-bond donors (Lipinski definition) is 0. The van der Waals surface area contributed by atoms with E-state index in [9.17, 15) is 4.79 Å². The van der Waals surface area contributed by atoms with E-state index >= 15 is 0 Å². The third-order valence-electron chi connectivity index (χ3n) is 5.04. The lowest BCUT2D eigenvalue weighted by atomic mass is 10.1. The van der Waals surface area contributed by atoms with Crippen molar-refractivity contribution >= 4 is 40.3 Å². The molecule has 0 atom stereocenters. The first-order valence-corrected chi connectivity index (χ1v) is 12.1. The van der Waals surface area contributed by atoms with Gasteiger partial charge in [0.25, 0.3) is 5.91 Å². The van der Waals surface area contributed by atoms with Gasteiger partial charge in [-0.3, -0.25) is 9.69 Å². The van der Waals surface area contributed by atoms with Gasteiger partial charge in [0.2, 0.25) is 0 Å². The van der Waals surface area contributed by atoms with Gasteiger partial charge in [-0.1, -0.05) is 42.2 Å². The molecule has 0 spiro atoms. The fraction of sp³-hybridized carbons (Fsp3) is 0.308. The predicted octanol–water partition coefficient (Wildman–Crippen LogP) is 5.94. The number of thiocarbonyl (C=S) groups is 1. The van der Waals surface area contributed by atoms with Crippen LogP contribution < -0.4 is 14.2 Å². The lowest BCUT2D eigenvalue weighted by Gasteiger charge is -2.13. The molecule has 1 aliphatic heterocycles. The topological polar surface area (TPSA) is 48.0 Å². The van der Waals surface area contributed by atoms with Crippen LogP contribution in [0, 0.1) is 13.8 Å². The van der Waals surface area contributed by atoms with Crippen molar-refractivity contribution in [2.45, 2.75) is 27.2 Å². The number of aryl methyl sites for hydroxylation is 2. The normalized spacial score (nSPS) is 14.6. The predicted molar refractivity (Wildman–Crippen MR) is 139 cm³/mol. The van der Waals surface area contributed by atoms with Crippen LogP contribution in [0.1, 0.15) is 30.0 Å². The van der Waals surface area contributed by atoms with Crippen LogP contribution in [0.3, 0.4) is 0 Å². The number of hydrogen-bond acceptors (Lipinski definition) is 6. The van der Waals surface area contributed by atoms with E-state index in [1.165, 1.54) is 22.9 Å². The van der Waals surface area contributed by atoms with Crippen molar-refractivity contribution in [1.82, 2.24) is 4.90 Å². The van der Waals surface area contributed by atoms with Gasteiger partial charge in [-0.05, 0) is 67.8 Å². The molecule has 1 fully saturated rings. The Balaban J connectivity index is 1.59. The quantitative estimate of drug-likeness (QED) is 0.171. The molecule has 2 aromatic carbocycles. The third kappa shape index (κ3) is 6.62. The summed E-state index contributed by atoms with van der Waals surface area (Å²) in [7, 11) is 0. The molecule has 2 aromatic rings. The number of benzene rings is 2. The molecule has 174 valence electrons. The van der Waals surface area contributed by atoms with Crippen LogP contribution in [-0.4, -0.2) is 41.5 Å². The van der Waals surface area contributed by atoms with Gasteiger partial charge in [0.15, 0.2) is 11.5 Å². The van der Waals surface area contributed by atoms with E-state index in [0.717, 1.165) is 17.7 Å². The molecule has 0 aromatic heterocycles. The third-order valence-corrected chi connectivity index (χ3v) is 6.42. The van der Waals surface area contributed by atoms with E-state index in [2.05, 4.69) is 26.5 Å². The lowest BCUT2D eigenvalue weighted by molar-refractivity contribution is -0.121. The van der Waals surface area contributed by atoms with Gasteiger partial charge in [0.1, 0.15) is 10.1 Å². The van der Waals surface area contributed by atoms with Gasteiger partial charge in [0, 0.05) is 13.0 Å². The van der Waals surface area contributed by atoms with Crippen LogP contribution in [0.25, 0.3) is 6.08 Å². The minimum Gasteiger partial charge on any atom is -0.493 e. The average molecular weight is 484 g/mol. The van der Waals surface area contributed by atoms with Crippen LogP contribution in [0.2, 0.25) is 0 Å². The minimum atomic E-state index is -0.105. The minimum absolute atomic E-state index is 0.105. The average Bonchev–Trinajstić information content (AvgIpc) is 3.05. The first-order chi connectivity index (χ1) is 15.9. The summed E-state index contributed by atoms with van der Waals surface area (Å²) in [4.78, 5) is 14.7. The van der Waals surface area contributed by atoms with Crippen molar-refractivity contribution in [3.63, 3.8) is 0 Å². The first-order valence-electron chi connectivity index (χ1n) is 10.9. The number of carbonyl (C=O) groups is 1. The number of ether oxygens (including phenoxy) is 3. The molecule has 33 heavy (non-hydrogen) atoms. The number of carbonyl (C=O) groups excluding carboxylic acids is 1. The summed E-state index contributed by atoms with van der Waals surface area (Å²) < 4.78 is 18.1. The molecule has 0 unspecified atom stereocenters. The van der Waals surface area contributed by atoms with E-state index < -0.39 is 0 Å². The number of rotatable bonds is 11. The smallest absolute Gasteiger partial charge is 0.266 e. The second-order valence-corrected chi connectivity index (χ2v) is 9.19. The summed E-state index contributed by atoms with van der Waals surface area (Å²) in [5, 5.41) is 0. The van der Waals surface area contributed by atoms with E-state index in [0.29, 0.717) is 47.1 Å². The summed E-state index contributed by atoms with van der Waals surface area (Å²) in [5.41, 5.74) is 3.32. The maximum atomic E-state index is 12.6. The van der Waals surface area contributed by atoms with E-state index in [1.54, 1.807) is 11.0 Å². The summed E-state index contributed by atoms with van der Waals surface area (Å²) in [5.74, 6) is 2.07. The van der Waals surface area contributed by atoms with Crippen molar-refractivity contribution in [3.8, 4) is 17.2 Å². The molecule has 3 rings (SSSR count). The lowest BCUT2D eigenvalue weighted by Crippen LogP contribution is -2.27. The Morgan fingerprint density at radius 3 is 2.55 bits per heavy atom. The van der Waals surface area contributed by atoms with Crippen LogP contribution >= 0.6 is 24.0 Å². The summed E-state index contributed by atoms with van der Waals surface area (Å²) in [6.45, 7) is 11.8. The molecule has 5 nitrogen and oxygen atoms in total. The van der Waals surface area contributed by atoms with Crippen LogP contribution in [0.4, 0.5) is 0 Å². The monoisotopic (exact) mass is 483 g/mol. The maximum Gasteiger partial charge on any atom is 0.266 e. The zero-order chi connectivity index (χ0) is 23.8. The second-order valence-electron chi connectivity index (χ2n) is 7.52.